The van der Waals surface area contributed by atoms with E-state index >= 15 is 0 Å². The summed E-state index contributed by atoms with van der Waals surface area (Å²) in [6.45, 7) is 7.29. The Morgan fingerprint density at radius 3 is 2.32 bits per heavy atom. The molecule has 202 valence electrons. The minimum Gasteiger partial charge on any atom is -0.354 e. The van der Waals surface area contributed by atoms with Gasteiger partial charge < -0.3 is 10.2 Å². The summed E-state index contributed by atoms with van der Waals surface area (Å²) in [6.07, 6.45) is 2.96. The number of nitro benzene ring substituents is 1. The summed E-state index contributed by atoms with van der Waals surface area (Å²) in [5.41, 5.74) is 1.96. The molecule has 2 rings (SSSR count). The van der Waals surface area contributed by atoms with Gasteiger partial charge in [0.15, 0.2) is 0 Å². The SMILES string of the molecule is CCCCNC(=O)[C@@H](CC)N(Cc1ccccc1C)C(=O)CN(c1cc([N+](=O)[O-])ccc1C)S(C)(=O)=O. The number of rotatable bonds is 13. The zero-order chi connectivity index (χ0) is 27.8. The van der Waals surface area contributed by atoms with Crippen molar-refractivity contribution in [2.75, 3.05) is 23.7 Å². The largest absolute Gasteiger partial charge is 0.354 e. The molecule has 2 amide bonds. The average Bonchev–Trinajstić information content (AvgIpc) is 2.83. The Bertz CT molecular complexity index is 1230. The normalized spacial score (nSPS) is 12.0. The first-order chi connectivity index (χ1) is 17.4. The smallest absolute Gasteiger partial charge is 0.271 e. The number of hydrogen-bond donors (Lipinski definition) is 1. The number of unbranched alkanes of at least 4 members (excludes halogenated alkanes) is 1. The lowest BCUT2D eigenvalue weighted by atomic mass is 10.1. The van der Waals surface area contributed by atoms with Gasteiger partial charge >= 0.3 is 0 Å². The van der Waals surface area contributed by atoms with E-state index in [1.54, 1.807) is 13.8 Å². The number of carbonyl (C=O) groups is 2. The molecule has 0 aliphatic heterocycles. The number of aryl methyl sites for hydroxylation is 2. The second-order valence-corrected chi connectivity index (χ2v) is 10.9. The Labute approximate surface area is 218 Å². The molecule has 37 heavy (non-hydrogen) atoms. The molecule has 0 radical (unpaired) electrons. The molecule has 0 aromatic heterocycles. The van der Waals surface area contributed by atoms with Gasteiger partial charge in [-0.2, -0.15) is 0 Å². The Balaban J connectivity index is 2.51. The van der Waals surface area contributed by atoms with E-state index in [4.69, 9.17) is 0 Å². The standard InChI is InChI=1S/C26H36N4O6S/c1-6-8-15-27-26(32)23(7-2)28(17-21-12-10-9-11-19(21)3)25(31)18-29(37(5,35)36)24-16-22(30(33)34)14-13-20(24)4/h9-14,16,23H,6-8,15,17-18H2,1-5H3,(H,27,32)/t23-/m1/s1. The molecule has 0 aliphatic carbocycles. The summed E-state index contributed by atoms with van der Waals surface area (Å²) in [5.74, 6) is -0.896. The van der Waals surface area contributed by atoms with E-state index in [1.807, 2.05) is 38.1 Å². The van der Waals surface area contributed by atoms with Crippen molar-refractivity contribution in [1.29, 1.82) is 0 Å². The van der Waals surface area contributed by atoms with Crippen molar-refractivity contribution < 1.29 is 22.9 Å². The third kappa shape index (κ3) is 8.01. The van der Waals surface area contributed by atoms with E-state index in [9.17, 15) is 28.1 Å². The Morgan fingerprint density at radius 2 is 1.76 bits per heavy atom. The lowest BCUT2D eigenvalue weighted by Crippen LogP contribution is -2.52. The van der Waals surface area contributed by atoms with Crippen molar-refractivity contribution in [2.45, 2.75) is 59.5 Å². The summed E-state index contributed by atoms with van der Waals surface area (Å²) < 4.78 is 26.4. The summed E-state index contributed by atoms with van der Waals surface area (Å²) in [4.78, 5) is 39.0. The lowest BCUT2D eigenvalue weighted by Gasteiger charge is -2.33. The molecular formula is C26H36N4O6S. The number of amides is 2. The molecule has 0 unspecified atom stereocenters. The molecule has 0 spiro atoms. The second kappa shape index (κ2) is 13.2. The van der Waals surface area contributed by atoms with Gasteiger partial charge in [0.25, 0.3) is 5.69 Å². The zero-order valence-electron chi connectivity index (χ0n) is 22.1. The number of nitro groups is 1. The third-order valence-corrected chi connectivity index (χ3v) is 7.30. The van der Waals surface area contributed by atoms with Crippen molar-refractivity contribution in [3.05, 3.63) is 69.3 Å². The summed E-state index contributed by atoms with van der Waals surface area (Å²) in [5, 5.41) is 14.2. The maximum absolute atomic E-state index is 13.8. The maximum Gasteiger partial charge on any atom is 0.271 e. The van der Waals surface area contributed by atoms with Crippen LogP contribution in [0.3, 0.4) is 0 Å². The van der Waals surface area contributed by atoms with Crippen LogP contribution in [-0.4, -0.2) is 55.4 Å². The van der Waals surface area contributed by atoms with Gasteiger partial charge in [0.2, 0.25) is 21.8 Å². The molecule has 0 fully saturated rings. The van der Waals surface area contributed by atoms with Crippen LogP contribution in [0.15, 0.2) is 42.5 Å². The highest BCUT2D eigenvalue weighted by Crippen LogP contribution is 2.28. The fourth-order valence-electron chi connectivity index (χ4n) is 3.97. The first-order valence-corrected chi connectivity index (χ1v) is 14.1. The van der Waals surface area contributed by atoms with Gasteiger partial charge in [-0.1, -0.05) is 50.6 Å². The van der Waals surface area contributed by atoms with E-state index in [0.717, 1.165) is 40.6 Å². The van der Waals surface area contributed by atoms with Crippen LogP contribution in [0.2, 0.25) is 0 Å². The van der Waals surface area contributed by atoms with Gasteiger partial charge in [0, 0.05) is 25.2 Å². The average molecular weight is 533 g/mol. The van der Waals surface area contributed by atoms with Crippen LogP contribution >= 0.6 is 0 Å². The fourth-order valence-corrected chi connectivity index (χ4v) is 4.87. The number of hydrogen-bond acceptors (Lipinski definition) is 6. The third-order valence-electron chi connectivity index (χ3n) is 6.17. The van der Waals surface area contributed by atoms with E-state index in [-0.39, 0.29) is 23.8 Å². The monoisotopic (exact) mass is 532 g/mol. The molecule has 0 heterocycles. The second-order valence-electron chi connectivity index (χ2n) is 9.01. The molecule has 0 bridgehead atoms. The summed E-state index contributed by atoms with van der Waals surface area (Å²) in [6, 6.07) is 10.5. The fraction of sp³-hybridized carbons (Fsp3) is 0.462. The van der Waals surface area contributed by atoms with Crippen LogP contribution in [0, 0.1) is 24.0 Å². The van der Waals surface area contributed by atoms with Crippen molar-refractivity contribution in [1.82, 2.24) is 10.2 Å². The van der Waals surface area contributed by atoms with Crippen LogP contribution in [-0.2, 0) is 26.2 Å². The summed E-state index contributed by atoms with van der Waals surface area (Å²) in [7, 11) is -4.00. The number of nitrogens with zero attached hydrogens (tertiary/aromatic N) is 3. The van der Waals surface area contributed by atoms with E-state index in [0.29, 0.717) is 18.5 Å². The van der Waals surface area contributed by atoms with E-state index in [2.05, 4.69) is 5.32 Å². The van der Waals surface area contributed by atoms with Crippen LogP contribution in [0.4, 0.5) is 11.4 Å². The van der Waals surface area contributed by atoms with Crippen molar-refractivity contribution >= 4 is 33.2 Å². The molecule has 11 heteroatoms. The van der Waals surface area contributed by atoms with Gasteiger partial charge in [-0.25, -0.2) is 8.42 Å². The highest BCUT2D eigenvalue weighted by molar-refractivity contribution is 7.92. The quantitative estimate of drug-likeness (QED) is 0.238. The number of nitrogens with one attached hydrogen (secondary N) is 1. The highest BCUT2D eigenvalue weighted by Gasteiger charge is 2.32. The predicted octanol–water partition coefficient (Wildman–Crippen LogP) is 3.70. The van der Waals surface area contributed by atoms with Gasteiger partial charge in [0.1, 0.15) is 12.6 Å². The minimum atomic E-state index is -4.00. The molecule has 0 saturated heterocycles. The Morgan fingerprint density at radius 1 is 1.08 bits per heavy atom. The topological polar surface area (TPSA) is 130 Å². The summed E-state index contributed by atoms with van der Waals surface area (Å²) >= 11 is 0. The Kier molecular flexibility index (Phi) is 10.6. The van der Waals surface area contributed by atoms with Gasteiger partial charge in [0.05, 0.1) is 16.9 Å². The van der Waals surface area contributed by atoms with Gasteiger partial charge in [-0.05, 0) is 43.4 Å². The molecule has 0 aliphatic rings. The van der Waals surface area contributed by atoms with Crippen LogP contribution in [0.5, 0.6) is 0 Å². The van der Waals surface area contributed by atoms with E-state index < -0.39 is 33.4 Å². The molecule has 10 nitrogen and oxygen atoms in total. The Hall–Kier alpha value is -3.47. The molecule has 1 atom stereocenters. The predicted molar refractivity (Wildman–Crippen MR) is 144 cm³/mol. The van der Waals surface area contributed by atoms with Crippen molar-refractivity contribution in [3.8, 4) is 0 Å². The number of carbonyl (C=O) groups excluding carboxylic acids is 2. The number of non-ortho nitro benzene ring substituents is 1. The number of anilines is 1. The van der Waals surface area contributed by atoms with Crippen LogP contribution in [0.25, 0.3) is 0 Å². The first-order valence-electron chi connectivity index (χ1n) is 12.2. The molecule has 0 saturated carbocycles. The number of sulfonamides is 1. The minimum absolute atomic E-state index is 0.0429. The zero-order valence-corrected chi connectivity index (χ0v) is 22.9. The van der Waals surface area contributed by atoms with E-state index in [1.165, 1.54) is 17.0 Å². The van der Waals surface area contributed by atoms with Crippen molar-refractivity contribution in [2.24, 2.45) is 0 Å². The molecule has 2 aromatic carbocycles. The van der Waals surface area contributed by atoms with Gasteiger partial charge in [-0.3, -0.25) is 24.0 Å². The molecular weight excluding hydrogens is 496 g/mol. The molecule has 2 aromatic rings. The van der Waals surface area contributed by atoms with Crippen molar-refractivity contribution in [3.63, 3.8) is 0 Å². The van der Waals surface area contributed by atoms with Crippen LogP contribution in [0.1, 0.15) is 49.8 Å². The lowest BCUT2D eigenvalue weighted by molar-refractivity contribution is -0.384. The number of benzene rings is 2. The van der Waals surface area contributed by atoms with Gasteiger partial charge in [-0.15, -0.1) is 0 Å². The maximum atomic E-state index is 13.8. The molecule has 1 N–H and O–H groups in total. The highest BCUT2D eigenvalue weighted by atomic mass is 32.2. The first kappa shape index (κ1) is 29.8. The van der Waals surface area contributed by atoms with Crippen LogP contribution < -0.4 is 9.62 Å².